The van der Waals surface area contributed by atoms with Crippen molar-refractivity contribution >= 4 is 17.8 Å². The van der Waals surface area contributed by atoms with E-state index < -0.39 is 10.8 Å². The van der Waals surface area contributed by atoms with Gasteiger partial charge >= 0.3 is 0 Å². The zero-order valence-corrected chi connectivity index (χ0v) is 11.5. The molecule has 0 fully saturated rings. The summed E-state index contributed by atoms with van der Waals surface area (Å²) in [4.78, 5) is 25.7. The van der Waals surface area contributed by atoms with Crippen LogP contribution in [0.25, 0.3) is 0 Å². The lowest BCUT2D eigenvalue weighted by Gasteiger charge is -2.13. The molecular formula is C14H11N4O4-. The van der Waals surface area contributed by atoms with Gasteiger partial charge in [-0.1, -0.05) is 11.3 Å². The number of benzene rings is 1. The van der Waals surface area contributed by atoms with E-state index in [0.717, 1.165) is 12.3 Å². The molecule has 0 spiro atoms. The lowest BCUT2D eigenvalue weighted by atomic mass is 10.1. The van der Waals surface area contributed by atoms with Gasteiger partial charge in [0.2, 0.25) is 0 Å². The summed E-state index contributed by atoms with van der Waals surface area (Å²) in [5, 5.41) is 26.3. The van der Waals surface area contributed by atoms with E-state index in [0.29, 0.717) is 5.56 Å². The van der Waals surface area contributed by atoms with Crippen molar-refractivity contribution in [3.05, 3.63) is 63.5 Å². The van der Waals surface area contributed by atoms with Crippen LogP contribution in [0.1, 0.15) is 21.5 Å². The van der Waals surface area contributed by atoms with Crippen molar-refractivity contribution in [2.45, 2.75) is 6.92 Å². The zero-order valence-electron chi connectivity index (χ0n) is 11.5. The van der Waals surface area contributed by atoms with Gasteiger partial charge in [-0.25, -0.2) is 5.43 Å². The van der Waals surface area contributed by atoms with Crippen LogP contribution in [-0.2, 0) is 0 Å². The number of carbonyl (C=O) groups excluding carboxylic acids is 1. The number of rotatable bonds is 4. The Hall–Kier alpha value is -3.29. The molecule has 0 atom stereocenters. The monoisotopic (exact) mass is 299 g/mol. The largest absolute Gasteiger partial charge is 0.872 e. The van der Waals surface area contributed by atoms with E-state index in [4.69, 9.17) is 0 Å². The first-order valence-corrected chi connectivity index (χ1v) is 6.18. The number of hydrogen-bond acceptors (Lipinski definition) is 6. The second-order valence-corrected chi connectivity index (χ2v) is 4.38. The first-order chi connectivity index (χ1) is 10.5. The van der Waals surface area contributed by atoms with Gasteiger partial charge in [0.15, 0.2) is 0 Å². The van der Waals surface area contributed by atoms with E-state index in [1.165, 1.54) is 25.4 Å². The Bertz CT molecular complexity index is 744. The Morgan fingerprint density at radius 1 is 1.45 bits per heavy atom. The topological polar surface area (TPSA) is 121 Å². The van der Waals surface area contributed by atoms with Crippen LogP contribution in [-0.4, -0.2) is 22.0 Å². The maximum Gasteiger partial charge on any atom is 0.272 e. The molecule has 0 aliphatic carbocycles. The van der Waals surface area contributed by atoms with Crippen LogP contribution in [0.2, 0.25) is 0 Å². The Balaban J connectivity index is 2.17. The highest BCUT2D eigenvalue weighted by Crippen LogP contribution is 2.24. The minimum atomic E-state index is -0.599. The summed E-state index contributed by atoms with van der Waals surface area (Å²) in [6.45, 7) is 1.47. The Morgan fingerprint density at radius 2 is 2.23 bits per heavy atom. The third-order valence-corrected chi connectivity index (χ3v) is 2.79. The highest BCUT2D eigenvalue weighted by molar-refractivity contribution is 5.94. The number of amides is 1. The van der Waals surface area contributed by atoms with E-state index in [2.05, 4.69) is 15.5 Å². The minimum absolute atomic E-state index is 0.0261. The summed E-state index contributed by atoms with van der Waals surface area (Å²) >= 11 is 0. The summed E-state index contributed by atoms with van der Waals surface area (Å²) in [6, 6.07) is 5.44. The van der Waals surface area contributed by atoms with Gasteiger partial charge in [-0.05, 0) is 24.6 Å². The molecule has 8 heteroatoms. The lowest BCUT2D eigenvalue weighted by Crippen LogP contribution is -2.17. The molecule has 0 saturated heterocycles. The summed E-state index contributed by atoms with van der Waals surface area (Å²) < 4.78 is 0. The second kappa shape index (κ2) is 6.44. The van der Waals surface area contributed by atoms with Crippen LogP contribution in [0.5, 0.6) is 5.75 Å². The third-order valence-electron chi connectivity index (χ3n) is 2.79. The molecule has 8 nitrogen and oxygen atoms in total. The quantitative estimate of drug-likeness (QED) is 0.515. The summed E-state index contributed by atoms with van der Waals surface area (Å²) in [5.41, 5.74) is 2.57. The molecule has 1 N–H and O–H groups in total. The molecule has 1 aromatic heterocycles. The second-order valence-electron chi connectivity index (χ2n) is 4.38. The molecule has 1 heterocycles. The molecule has 22 heavy (non-hydrogen) atoms. The van der Waals surface area contributed by atoms with E-state index in [1.807, 2.05) is 0 Å². The predicted octanol–water partition coefficient (Wildman–Crippen LogP) is 1.14. The van der Waals surface area contributed by atoms with Crippen molar-refractivity contribution in [3.63, 3.8) is 0 Å². The molecule has 0 radical (unpaired) electrons. The molecule has 0 bridgehead atoms. The van der Waals surface area contributed by atoms with E-state index in [1.54, 1.807) is 12.1 Å². The van der Waals surface area contributed by atoms with Crippen molar-refractivity contribution < 1.29 is 14.8 Å². The average Bonchev–Trinajstić information content (AvgIpc) is 2.51. The number of nitrogens with one attached hydrogen (secondary N) is 1. The Morgan fingerprint density at radius 3 is 2.86 bits per heavy atom. The predicted molar refractivity (Wildman–Crippen MR) is 76.6 cm³/mol. The average molecular weight is 299 g/mol. The van der Waals surface area contributed by atoms with E-state index in [-0.39, 0.29) is 22.6 Å². The maximum atomic E-state index is 11.9. The van der Waals surface area contributed by atoms with Crippen LogP contribution in [0, 0.1) is 17.0 Å². The summed E-state index contributed by atoms with van der Waals surface area (Å²) in [6.07, 6.45) is 3.97. The third kappa shape index (κ3) is 3.42. The first kappa shape index (κ1) is 15.1. The van der Waals surface area contributed by atoms with Crippen molar-refractivity contribution in [2.24, 2.45) is 5.10 Å². The Labute approximate surface area is 125 Å². The molecule has 0 unspecified atom stereocenters. The standard InChI is InChI=1S/C14H12N4O4/c1-9-5-12(18(21)22)6-11(13(9)19)8-16-17-14(20)10-3-2-4-15-7-10/h2-8,19H,1H3,(H,17,20)/p-1/b16-8-. The summed E-state index contributed by atoms with van der Waals surface area (Å²) in [5.74, 6) is -0.885. The fraction of sp³-hybridized carbons (Fsp3) is 0.0714. The van der Waals surface area contributed by atoms with Crippen molar-refractivity contribution in [1.29, 1.82) is 0 Å². The number of nitro benzene ring substituents is 1. The maximum absolute atomic E-state index is 11.9. The van der Waals surface area contributed by atoms with Gasteiger partial charge in [-0.2, -0.15) is 5.10 Å². The first-order valence-electron chi connectivity index (χ1n) is 6.18. The highest BCUT2D eigenvalue weighted by Gasteiger charge is 2.09. The molecule has 0 aliphatic heterocycles. The molecule has 112 valence electrons. The number of carbonyl (C=O) groups is 1. The molecule has 2 aromatic rings. The fourth-order valence-electron chi connectivity index (χ4n) is 1.70. The van der Waals surface area contributed by atoms with E-state index >= 15 is 0 Å². The zero-order chi connectivity index (χ0) is 16.1. The van der Waals surface area contributed by atoms with Crippen LogP contribution >= 0.6 is 0 Å². The SMILES string of the molecule is Cc1cc([N+](=O)[O-])cc(/C=N\NC(=O)c2cccnc2)c1[O-]. The number of nitro groups is 1. The van der Waals surface area contributed by atoms with Crippen LogP contribution in [0.15, 0.2) is 41.8 Å². The molecule has 1 aromatic carbocycles. The van der Waals surface area contributed by atoms with Gasteiger partial charge in [0.05, 0.1) is 16.7 Å². The number of hydrogen-bond donors (Lipinski definition) is 1. The van der Waals surface area contributed by atoms with Crippen LogP contribution in [0.4, 0.5) is 5.69 Å². The van der Waals surface area contributed by atoms with Gasteiger partial charge in [-0.3, -0.25) is 19.9 Å². The number of hydrazone groups is 1. The van der Waals surface area contributed by atoms with Crippen molar-refractivity contribution in [3.8, 4) is 5.75 Å². The van der Waals surface area contributed by atoms with Gasteiger partial charge in [0.1, 0.15) is 0 Å². The summed E-state index contributed by atoms with van der Waals surface area (Å²) in [7, 11) is 0. The number of pyridine rings is 1. The minimum Gasteiger partial charge on any atom is -0.872 e. The molecule has 2 rings (SSSR count). The normalized spacial score (nSPS) is 10.6. The fourth-order valence-corrected chi connectivity index (χ4v) is 1.70. The smallest absolute Gasteiger partial charge is 0.272 e. The molecule has 0 aliphatic rings. The number of aryl methyl sites for hydroxylation is 1. The number of nitrogens with zero attached hydrogens (tertiary/aromatic N) is 3. The van der Waals surface area contributed by atoms with Crippen LogP contribution < -0.4 is 10.5 Å². The van der Waals surface area contributed by atoms with Crippen molar-refractivity contribution in [1.82, 2.24) is 10.4 Å². The van der Waals surface area contributed by atoms with Gasteiger partial charge in [-0.15, -0.1) is 0 Å². The number of aromatic nitrogens is 1. The lowest BCUT2D eigenvalue weighted by molar-refractivity contribution is -0.385. The highest BCUT2D eigenvalue weighted by atomic mass is 16.6. The molecule has 0 saturated carbocycles. The number of non-ortho nitro benzene ring substituents is 1. The van der Waals surface area contributed by atoms with Gasteiger partial charge in [0, 0.05) is 24.5 Å². The Kier molecular flexibility index (Phi) is 4.42. The van der Waals surface area contributed by atoms with Crippen molar-refractivity contribution in [2.75, 3.05) is 0 Å². The van der Waals surface area contributed by atoms with Gasteiger partial charge < -0.3 is 5.11 Å². The van der Waals surface area contributed by atoms with E-state index in [9.17, 15) is 20.0 Å². The van der Waals surface area contributed by atoms with Gasteiger partial charge in [0.25, 0.3) is 11.6 Å². The van der Waals surface area contributed by atoms with Crippen LogP contribution in [0.3, 0.4) is 0 Å². The molecular weight excluding hydrogens is 288 g/mol. The molecule has 1 amide bonds.